The molecule has 1 aliphatic rings. The summed E-state index contributed by atoms with van der Waals surface area (Å²) in [6.07, 6.45) is -6.14. The molecule has 0 aromatic heterocycles. The van der Waals surface area contributed by atoms with Crippen LogP contribution in [0, 0.1) is 0 Å². The van der Waals surface area contributed by atoms with Crippen molar-refractivity contribution in [2.24, 2.45) is 0 Å². The molecule has 11 nitrogen and oxygen atoms in total. The Morgan fingerprint density at radius 3 is 1.81 bits per heavy atom. The largest absolute Gasteiger partial charge is 0.463 e. The maximum atomic E-state index is 11.6. The molecule has 0 saturated carbocycles. The lowest BCUT2D eigenvalue weighted by Gasteiger charge is -2.43. The summed E-state index contributed by atoms with van der Waals surface area (Å²) in [6.45, 7) is 3.68. The van der Waals surface area contributed by atoms with Gasteiger partial charge in [-0.2, -0.15) is 0 Å². The first-order valence-corrected chi connectivity index (χ1v) is 8.18. The van der Waals surface area contributed by atoms with Gasteiger partial charge in [-0.25, -0.2) is 0 Å². The highest BCUT2D eigenvalue weighted by atomic mass is 16.7. The number of aliphatic hydroxyl groups excluding tert-OH is 1. The normalized spacial score (nSPS) is 27.4. The third kappa shape index (κ3) is 7.49. The Morgan fingerprint density at radius 2 is 1.33 bits per heavy atom. The lowest BCUT2D eigenvalue weighted by molar-refractivity contribution is -0.308. The molecule has 0 radical (unpaired) electrons. The van der Waals surface area contributed by atoms with Crippen molar-refractivity contribution in [3.05, 3.63) is 0 Å². The minimum atomic E-state index is -1.28. The summed E-state index contributed by atoms with van der Waals surface area (Å²) >= 11 is 0. The summed E-state index contributed by atoms with van der Waals surface area (Å²) in [4.78, 5) is 45.7. The van der Waals surface area contributed by atoms with Gasteiger partial charge in [-0.15, -0.1) is 0 Å². The Balaban J connectivity index is 3.22. The van der Waals surface area contributed by atoms with Gasteiger partial charge in [0.05, 0.1) is 13.2 Å². The number of rotatable bonds is 8. The molecule has 1 unspecified atom stereocenters. The van der Waals surface area contributed by atoms with E-state index in [1.54, 1.807) is 0 Å². The standard InChI is InChI=1S/C16H24O11/c1-8(18)23-7-12-13(24-9(2)19)14(25-10(3)20)15(26-11(4)21)16(27-12)22-6-5-17/h12-17H,5-7H2,1-4H3/t12-,13-,14+,15?,16-/m1/s1. The second-order valence-corrected chi connectivity index (χ2v) is 5.66. The van der Waals surface area contributed by atoms with Crippen LogP contribution in [0.2, 0.25) is 0 Å². The molecule has 0 aromatic rings. The minimum Gasteiger partial charge on any atom is -0.463 e. The molecule has 0 spiro atoms. The smallest absolute Gasteiger partial charge is 0.303 e. The van der Waals surface area contributed by atoms with Crippen LogP contribution in [-0.2, 0) is 47.6 Å². The van der Waals surface area contributed by atoms with E-state index in [0.29, 0.717) is 0 Å². The average molecular weight is 392 g/mol. The van der Waals surface area contributed by atoms with Crippen molar-refractivity contribution in [2.45, 2.75) is 58.4 Å². The topological polar surface area (TPSA) is 144 Å². The zero-order valence-electron chi connectivity index (χ0n) is 15.5. The maximum absolute atomic E-state index is 11.6. The number of carbonyl (C=O) groups excluding carboxylic acids is 4. The van der Waals surface area contributed by atoms with Gasteiger partial charge < -0.3 is 33.5 Å². The van der Waals surface area contributed by atoms with E-state index in [1.807, 2.05) is 0 Å². The summed E-state index contributed by atoms with van der Waals surface area (Å²) in [5.41, 5.74) is 0. The highest BCUT2D eigenvalue weighted by Crippen LogP contribution is 2.29. The van der Waals surface area contributed by atoms with Crippen LogP contribution in [0.5, 0.6) is 0 Å². The van der Waals surface area contributed by atoms with Crippen molar-refractivity contribution >= 4 is 23.9 Å². The van der Waals surface area contributed by atoms with Crippen LogP contribution >= 0.6 is 0 Å². The fraction of sp³-hybridized carbons (Fsp3) is 0.750. The Bertz CT molecular complexity index is 546. The van der Waals surface area contributed by atoms with Crippen molar-refractivity contribution in [1.29, 1.82) is 0 Å². The van der Waals surface area contributed by atoms with Gasteiger partial charge in [-0.3, -0.25) is 19.2 Å². The molecule has 11 heteroatoms. The van der Waals surface area contributed by atoms with Crippen LogP contribution in [0.3, 0.4) is 0 Å². The second-order valence-electron chi connectivity index (χ2n) is 5.66. The molecule has 1 heterocycles. The third-order valence-electron chi connectivity index (χ3n) is 3.32. The molecule has 0 bridgehead atoms. The third-order valence-corrected chi connectivity index (χ3v) is 3.32. The van der Waals surface area contributed by atoms with E-state index < -0.39 is 54.6 Å². The lowest BCUT2D eigenvalue weighted by Crippen LogP contribution is -2.63. The van der Waals surface area contributed by atoms with E-state index >= 15 is 0 Å². The van der Waals surface area contributed by atoms with Gasteiger partial charge >= 0.3 is 23.9 Å². The van der Waals surface area contributed by atoms with Crippen LogP contribution < -0.4 is 0 Å². The van der Waals surface area contributed by atoms with E-state index in [1.165, 1.54) is 6.92 Å². The molecule has 1 N–H and O–H groups in total. The number of aliphatic hydroxyl groups is 1. The van der Waals surface area contributed by atoms with Gasteiger partial charge in [0.25, 0.3) is 0 Å². The van der Waals surface area contributed by atoms with Gasteiger partial charge in [0, 0.05) is 27.7 Å². The van der Waals surface area contributed by atoms with Crippen LogP contribution in [0.15, 0.2) is 0 Å². The molecular weight excluding hydrogens is 368 g/mol. The monoisotopic (exact) mass is 392 g/mol. The van der Waals surface area contributed by atoms with Crippen LogP contribution in [0.25, 0.3) is 0 Å². The van der Waals surface area contributed by atoms with Gasteiger partial charge in [-0.05, 0) is 0 Å². The molecule has 1 aliphatic heterocycles. The van der Waals surface area contributed by atoms with Crippen LogP contribution in [0.4, 0.5) is 0 Å². The fourth-order valence-corrected chi connectivity index (χ4v) is 2.49. The van der Waals surface area contributed by atoms with Crippen molar-refractivity contribution in [3.8, 4) is 0 Å². The van der Waals surface area contributed by atoms with Gasteiger partial charge in [0.2, 0.25) is 0 Å². The summed E-state index contributed by atoms with van der Waals surface area (Å²) in [7, 11) is 0. The average Bonchev–Trinajstić information content (AvgIpc) is 2.54. The quantitative estimate of drug-likeness (QED) is 0.404. The molecule has 0 amide bonds. The zero-order valence-corrected chi connectivity index (χ0v) is 15.5. The number of ether oxygens (including phenoxy) is 6. The summed E-state index contributed by atoms with van der Waals surface area (Å²) in [5, 5.41) is 8.98. The molecule has 154 valence electrons. The summed E-state index contributed by atoms with van der Waals surface area (Å²) in [6, 6.07) is 0. The van der Waals surface area contributed by atoms with Crippen molar-refractivity contribution < 1.29 is 52.7 Å². The maximum Gasteiger partial charge on any atom is 0.303 e. The molecular formula is C16H24O11. The molecule has 0 aliphatic carbocycles. The van der Waals surface area contributed by atoms with Crippen molar-refractivity contribution in [3.63, 3.8) is 0 Å². The molecule has 1 fully saturated rings. The van der Waals surface area contributed by atoms with E-state index in [0.717, 1.165) is 20.8 Å². The Hall–Kier alpha value is -2.24. The molecule has 5 atom stereocenters. The van der Waals surface area contributed by atoms with E-state index in [9.17, 15) is 19.2 Å². The first-order chi connectivity index (χ1) is 12.6. The van der Waals surface area contributed by atoms with E-state index in [4.69, 9.17) is 33.5 Å². The number of hydrogen-bond donors (Lipinski definition) is 1. The van der Waals surface area contributed by atoms with E-state index in [2.05, 4.69) is 0 Å². The predicted octanol–water partition coefficient (Wildman–Crippen LogP) is -0.922. The Labute approximate surface area is 155 Å². The Kier molecular flexibility index (Phi) is 9.12. The van der Waals surface area contributed by atoms with Gasteiger partial charge in [0.1, 0.15) is 12.7 Å². The van der Waals surface area contributed by atoms with E-state index in [-0.39, 0.29) is 19.8 Å². The first-order valence-electron chi connectivity index (χ1n) is 8.18. The molecule has 0 aromatic carbocycles. The highest BCUT2D eigenvalue weighted by Gasteiger charge is 2.52. The van der Waals surface area contributed by atoms with Crippen molar-refractivity contribution in [1.82, 2.24) is 0 Å². The first kappa shape index (κ1) is 22.8. The summed E-state index contributed by atoms with van der Waals surface area (Å²) < 4.78 is 31.4. The number of esters is 4. The molecule has 1 saturated heterocycles. The fourth-order valence-electron chi connectivity index (χ4n) is 2.49. The van der Waals surface area contributed by atoms with Crippen LogP contribution in [0.1, 0.15) is 27.7 Å². The number of hydrogen-bond acceptors (Lipinski definition) is 11. The molecule has 1 rings (SSSR count). The lowest BCUT2D eigenvalue weighted by atomic mass is 9.98. The SMILES string of the molecule is CC(=O)OC[C@H]1O[C@@H](OCCO)C(OC(C)=O)[C@@H](OC(C)=O)[C@@H]1OC(C)=O. The number of carbonyl (C=O) groups is 4. The zero-order chi connectivity index (χ0) is 20.6. The van der Waals surface area contributed by atoms with Gasteiger partial charge in [0.15, 0.2) is 24.6 Å². The minimum absolute atomic E-state index is 0.173. The van der Waals surface area contributed by atoms with Gasteiger partial charge in [-0.1, -0.05) is 0 Å². The molecule has 27 heavy (non-hydrogen) atoms. The van der Waals surface area contributed by atoms with Crippen molar-refractivity contribution in [2.75, 3.05) is 19.8 Å². The highest BCUT2D eigenvalue weighted by molar-refractivity contribution is 5.68. The summed E-state index contributed by atoms with van der Waals surface area (Å²) in [5.74, 6) is -2.79. The predicted molar refractivity (Wildman–Crippen MR) is 85.0 cm³/mol. The second kappa shape index (κ2) is 10.8. The van der Waals surface area contributed by atoms with Crippen LogP contribution in [-0.4, -0.2) is 79.5 Å². The Morgan fingerprint density at radius 1 is 0.815 bits per heavy atom.